The van der Waals surface area contributed by atoms with Crippen LogP contribution < -0.4 is 5.69 Å². The van der Waals surface area contributed by atoms with E-state index in [0.717, 1.165) is 4.57 Å². The second-order valence-corrected chi connectivity index (χ2v) is 9.02. The van der Waals surface area contributed by atoms with Crippen LogP contribution in [0, 0.1) is 0 Å². The van der Waals surface area contributed by atoms with Crippen LogP contribution in [0.3, 0.4) is 0 Å². The highest BCUT2D eigenvalue weighted by Crippen LogP contribution is 2.42. The smallest absolute Gasteiger partial charge is 0.351 e. The van der Waals surface area contributed by atoms with Gasteiger partial charge in [0.15, 0.2) is 24.3 Å². The molecule has 2 aromatic heterocycles. The quantitative estimate of drug-likeness (QED) is 0.131. The summed E-state index contributed by atoms with van der Waals surface area (Å²) < 4.78 is 34.6. The normalized spacial score (nSPS) is 21.6. The van der Waals surface area contributed by atoms with Gasteiger partial charge in [-0.3, -0.25) is 4.57 Å². The third-order valence-electron chi connectivity index (χ3n) is 6.00. The van der Waals surface area contributed by atoms with Crippen molar-refractivity contribution in [3.05, 3.63) is 117 Å². The summed E-state index contributed by atoms with van der Waals surface area (Å²) in [7, 11) is 0. The highest BCUT2D eigenvalue weighted by molar-refractivity contribution is 6.30. The molecule has 0 N–H and O–H groups in total. The van der Waals surface area contributed by atoms with E-state index < -0.39 is 48.5 Å². The van der Waals surface area contributed by atoms with Crippen molar-refractivity contribution in [1.82, 2.24) is 24.3 Å². The Morgan fingerprint density at radius 2 is 1.93 bits per heavy atom. The average molecular weight is 581 g/mol. The van der Waals surface area contributed by atoms with Gasteiger partial charge in [-0.2, -0.15) is 10.1 Å². The number of hydrogen-bond donors (Lipinski definition) is 0. The fourth-order valence-corrected chi connectivity index (χ4v) is 4.28. The Morgan fingerprint density at radius 1 is 1.15 bits per heavy atom. The number of halogens is 2. The van der Waals surface area contributed by atoms with E-state index in [1.54, 1.807) is 18.2 Å². The van der Waals surface area contributed by atoms with E-state index in [2.05, 4.69) is 25.1 Å². The number of hydrogen-bond acceptors (Lipinski definition) is 10. The lowest BCUT2D eigenvalue weighted by atomic mass is 10.1. The third kappa shape index (κ3) is 5.63. The molecule has 0 aliphatic carbocycles. The first-order chi connectivity index (χ1) is 19.8. The number of benzene rings is 2. The molecule has 0 saturated carbocycles. The van der Waals surface area contributed by atoms with Crippen molar-refractivity contribution in [1.29, 1.82) is 0 Å². The Labute approximate surface area is 234 Å². The van der Waals surface area contributed by atoms with Crippen LogP contribution in [0.2, 0.25) is 5.02 Å². The lowest BCUT2D eigenvalue weighted by Crippen LogP contribution is -2.47. The maximum Gasteiger partial charge on any atom is 0.351 e. The van der Waals surface area contributed by atoms with Crippen molar-refractivity contribution in [2.45, 2.75) is 24.2 Å². The van der Waals surface area contributed by atoms with Crippen molar-refractivity contribution >= 4 is 23.5 Å². The minimum absolute atomic E-state index is 0.0434. The monoisotopic (exact) mass is 580 g/mol. The molecule has 0 spiro atoms. The second-order valence-electron chi connectivity index (χ2n) is 8.58. The van der Waals surface area contributed by atoms with Crippen LogP contribution in [0.4, 0.5) is 4.39 Å². The molecule has 3 heterocycles. The summed E-state index contributed by atoms with van der Waals surface area (Å²) in [5.74, 6) is -1.80. The fourth-order valence-electron chi connectivity index (χ4n) is 4.08. The molecule has 0 radical (unpaired) electrons. The second kappa shape index (κ2) is 11.6. The standard InChI is InChI=1S/C25H18ClFN8O6/c26-17-8-4-7-16(11-17)22(36)39-12-25(32-33-28)20(40-23(37)15-5-2-1-3-6-15)19(27)21(41-25)34-10-9-18(31-24(34)38)35-14-29-13-30-35/h1-11,13-14,19-21H,12H2/t19-,20-,21+,25+/m0/s1. The average Bonchev–Trinajstić information content (AvgIpc) is 3.61. The zero-order chi connectivity index (χ0) is 29.0. The Balaban J connectivity index is 1.50. The first-order valence-electron chi connectivity index (χ1n) is 11.8. The predicted molar refractivity (Wildman–Crippen MR) is 138 cm³/mol. The van der Waals surface area contributed by atoms with Crippen LogP contribution >= 0.6 is 11.6 Å². The van der Waals surface area contributed by atoms with Gasteiger partial charge < -0.3 is 14.2 Å². The van der Waals surface area contributed by atoms with Gasteiger partial charge in [0, 0.05) is 16.1 Å². The first kappa shape index (κ1) is 27.5. The lowest BCUT2D eigenvalue weighted by Gasteiger charge is -2.28. The Hall–Kier alpha value is -5.11. The highest BCUT2D eigenvalue weighted by Gasteiger charge is 2.60. The van der Waals surface area contributed by atoms with Crippen molar-refractivity contribution in [2.75, 3.05) is 6.61 Å². The molecule has 0 unspecified atom stereocenters. The van der Waals surface area contributed by atoms with Gasteiger partial charge in [0.05, 0.1) is 11.1 Å². The summed E-state index contributed by atoms with van der Waals surface area (Å²) in [6, 6.07) is 14.8. The molecular weight excluding hydrogens is 563 g/mol. The number of ether oxygens (including phenoxy) is 3. The molecule has 4 atom stereocenters. The Kier molecular flexibility index (Phi) is 7.74. The van der Waals surface area contributed by atoms with Gasteiger partial charge in [-0.15, -0.1) is 0 Å². The van der Waals surface area contributed by atoms with E-state index in [-0.39, 0.29) is 22.0 Å². The van der Waals surface area contributed by atoms with E-state index in [9.17, 15) is 19.9 Å². The summed E-state index contributed by atoms with van der Waals surface area (Å²) in [5.41, 5.74) is 6.10. The summed E-state index contributed by atoms with van der Waals surface area (Å²) in [5, 5.41) is 7.69. The Bertz CT molecular complexity index is 1680. The number of nitrogens with zero attached hydrogens (tertiary/aromatic N) is 8. The fraction of sp³-hybridized carbons (Fsp3) is 0.200. The van der Waals surface area contributed by atoms with Crippen LogP contribution in [0.1, 0.15) is 26.9 Å². The summed E-state index contributed by atoms with van der Waals surface area (Å²) in [6.45, 7) is -0.884. The number of carbonyl (C=O) groups is 2. The van der Waals surface area contributed by atoms with Gasteiger partial charge in [-0.25, -0.2) is 28.4 Å². The summed E-state index contributed by atoms with van der Waals surface area (Å²) in [6.07, 6.45) is -2.33. The number of alkyl halides is 1. The van der Waals surface area contributed by atoms with Crippen molar-refractivity contribution in [2.24, 2.45) is 5.11 Å². The highest BCUT2D eigenvalue weighted by atomic mass is 35.5. The van der Waals surface area contributed by atoms with E-state index in [1.165, 1.54) is 66.0 Å². The summed E-state index contributed by atoms with van der Waals surface area (Å²) >= 11 is 5.94. The Morgan fingerprint density at radius 3 is 2.61 bits per heavy atom. The third-order valence-corrected chi connectivity index (χ3v) is 6.24. The predicted octanol–water partition coefficient (Wildman–Crippen LogP) is 3.43. The zero-order valence-electron chi connectivity index (χ0n) is 20.7. The molecule has 2 aromatic carbocycles. The topological polar surface area (TPSA) is 176 Å². The van der Waals surface area contributed by atoms with Crippen molar-refractivity contribution < 1.29 is 28.2 Å². The van der Waals surface area contributed by atoms with Gasteiger partial charge in [0.2, 0.25) is 5.72 Å². The van der Waals surface area contributed by atoms with E-state index in [1.807, 2.05) is 0 Å². The maximum atomic E-state index is 16.1. The van der Waals surface area contributed by atoms with Gasteiger partial charge in [0.1, 0.15) is 19.3 Å². The van der Waals surface area contributed by atoms with E-state index in [0.29, 0.717) is 0 Å². The molecule has 1 fully saturated rings. The van der Waals surface area contributed by atoms with Crippen LogP contribution in [0.15, 0.2) is 89.4 Å². The first-order valence-corrected chi connectivity index (χ1v) is 12.2. The van der Waals surface area contributed by atoms with E-state index >= 15 is 4.39 Å². The number of esters is 2. The maximum absolute atomic E-state index is 16.1. The van der Waals surface area contributed by atoms with Gasteiger partial charge in [-0.1, -0.05) is 41.0 Å². The molecule has 0 bridgehead atoms. The number of rotatable bonds is 8. The zero-order valence-corrected chi connectivity index (χ0v) is 21.5. The van der Waals surface area contributed by atoms with Crippen LogP contribution in [0.25, 0.3) is 16.3 Å². The molecular formula is C25H18ClFN8O6. The molecule has 5 rings (SSSR count). The molecule has 16 heteroatoms. The van der Waals surface area contributed by atoms with Crippen LogP contribution in [-0.2, 0) is 14.2 Å². The lowest BCUT2D eigenvalue weighted by molar-refractivity contribution is -0.129. The largest absolute Gasteiger partial charge is 0.459 e. The number of aromatic nitrogens is 5. The van der Waals surface area contributed by atoms with Gasteiger partial charge in [-0.05, 0) is 41.9 Å². The molecule has 0 amide bonds. The molecule has 1 aliphatic rings. The minimum Gasteiger partial charge on any atom is -0.459 e. The van der Waals surface area contributed by atoms with Gasteiger partial charge in [0.25, 0.3) is 0 Å². The molecule has 1 aliphatic heterocycles. The van der Waals surface area contributed by atoms with E-state index in [4.69, 9.17) is 25.8 Å². The number of carbonyl (C=O) groups excluding carboxylic acids is 2. The van der Waals surface area contributed by atoms with Crippen LogP contribution in [-0.4, -0.2) is 60.9 Å². The minimum atomic E-state index is -2.42. The number of azide groups is 1. The van der Waals surface area contributed by atoms with Crippen LogP contribution in [0.5, 0.6) is 0 Å². The van der Waals surface area contributed by atoms with Crippen molar-refractivity contribution in [3.8, 4) is 5.82 Å². The molecule has 4 aromatic rings. The molecule has 208 valence electrons. The van der Waals surface area contributed by atoms with Gasteiger partial charge >= 0.3 is 17.6 Å². The molecule has 1 saturated heterocycles. The van der Waals surface area contributed by atoms with Crippen molar-refractivity contribution in [3.63, 3.8) is 0 Å². The molecule has 41 heavy (non-hydrogen) atoms. The summed E-state index contributed by atoms with van der Waals surface area (Å²) in [4.78, 5) is 48.9. The SMILES string of the molecule is [N-]=[N+]=N[C@]1(COC(=O)c2cccc(Cl)c2)O[C@@H](n2ccc(-n3cncn3)nc2=O)[C@@H](F)[C@@H]1OC(=O)c1ccccc1. The molecule has 14 nitrogen and oxygen atoms in total.